The molecule has 0 unspecified atom stereocenters. The zero-order valence-electron chi connectivity index (χ0n) is 12.6. The molecular formula is C19H19NO2. The van der Waals surface area contributed by atoms with E-state index in [-0.39, 0.29) is 24.2 Å². The van der Waals surface area contributed by atoms with Gasteiger partial charge in [-0.3, -0.25) is 4.79 Å². The largest absolute Gasteiger partial charge is 0.466 e. The van der Waals surface area contributed by atoms with Crippen LogP contribution in [0, 0.1) is 11.3 Å². The highest BCUT2D eigenvalue weighted by Crippen LogP contribution is 2.35. The van der Waals surface area contributed by atoms with Crippen LogP contribution in [0.1, 0.15) is 36.3 Å². The first kappa shape index (κ1) is 15.8. The Morgan fingerprint density at radius 1 is 1.05 bits per heavy atom. The Hall–Kier alpha value is -2.60. The summed E-state index contributed by atoms with van der Waals surface area (Å²) in [6, 6.07) is 21.6. The molecule has 2 aromatic carbocycles. The van der Waals surface area contributed by atoms with E-state index >= 15 is 0 Å². The number of rotatable bonds is 6. The van der Waals surface area contributed by atoms with Crippen molar-refractivity contribution in [1.29, 1.82) is 5.26 Å². The third-order valence-electron chi connectivity index (χ3n) is 3.62. The lowest BCUT2D eigenvalue weighted by molar-refractivity contribution is -0.143. The molecule has 2 aromatic rings. The summed E-state index contributed by atoms with van der Waals surface area (Å²) in [6.07, 6.45) is 0.199. The Bertz CT molecular complexity index is 631. The Kier molecular flexibility index (Phi) is 5.73. The minimum atomic E-state index is -0.381. The van der Waals surface area contributed by atoms with Crippen LogP contribution in [-0.2, 0) is 9.53 Å². The quantitative estimate of drug-likeness (QED) is 0.755. The van der Waals surface area contributed by atoms with Crippen molar-refractivity contribution < 1.29 is 9.53 Å². The van der Waals surface area contributed by atoms with Crippen LogP contribution >= 0.6 is 0 Å². The van der Waals surface area contributed by atoms with Crippen LogP contribution in [0.5, 0.6) is 0 Å². The standard InChI is InChI=1S/C19H19NO2/c1-2-22-19(21)13-17(15-9-5-3-6-10-15)18(14-20)16-11-7-4-8-12-16/h3-12,17-18H,2,13H2,1H3/t17-,18+/m1/s1. The van der Waals surface area contributed by atoms with Gasteiger partial charge in [0, 0.05) is 5.92 Å². The van der Waals surface area contributed by atoms with E-state index in [1.165, 1.54) is 0 Å². The van der Waals surface area contributed by atoms with Gasteiger partial charge in [-0.2, -0.15) is 5.26 Å². The molecule has 0 saturated carbocycles. The fourth-order valence-electron chi connectivity index (χ4n) is 2.59. The molecule has 0 aliphatic heterocycles. The number of nitrogens with zero attached hydrogens (tertiary/aromatic N) is 1. The highest BCUT2D eigenvalue weighted by Gasteiger charge is 2.27. The summed E-state index contributed by atoms with van der Waals surface area (Å²) in [7, 11) is 0. The third kappa shape index (κ3) is 3.95. The molecule has 0 aromatic heterocycles. The van der Waals surface area contributed by atoms with Gasteiger partial charge in [-0.05, 0) is 18.1 Å². The van der Waals surface area contributed by atoms with Gasteiger partial charge in [-0.25, -0.2) is 0 Å². The molecule has 2 atom stereocenters. The first-order valence-corrected chi connectivity index (χ1v) is 7.41. The van der Waals surface area contributed by atoms with E-state index < -0.39 is 0 Å². The molecule has 0 amide bonds. The molecule has 0 aliphatic carbocycles. The first-order chi connectivity index (χ1) is 10.8. The van der Waals surface area contributed by atoms with Crippen molar-refractivity contribution in [2.24, 2.45) is 0 Å². The summed E-state index contributed by atoms with van der Waals surface area (Å²) in [4.78, 5) is 11.9. The highest BCUT2D eigenvalue weighted by atomic mass is 16.5. The average Bonchev–Trinajstić information content (AvgIpc) is 2.57. The second-order valence-corrected chi connectivity index (χ2v) is 5.04. The molecule has 0 bridgehead atoms. The lowest BCUT2D eigenvalue weighted by Crippen LogP contribution is -2.16. The van der Waals surface area contributed by atoms with Gasteiger partial charge in [0.05, 0.1) is 25.0 Å². The maximum Gasteiger partial charge on any atom is 0.306 e. The lowest BCUT2D eigenvalue weighted by atomic mass is 9.80. The molecule has 0 aliphatic rings. The number of benzene rings is 2. The van der Waals surface area contributed by atoms with E-state index in [0.29, 0.717) is 6.61 Å². The molecule has 0 spiro atoms. The van der Waals surface area contributed by atoms with Crippen molar-refractivity contribution in [3.63, 3.8) is 0 Å². The molecule has 0 fully saturated rings. The number of carbonyl (C=O) groups excluding carboxylic acids is 1. The second-order valence-electron chi connectivity index (χ2n) is 5.04. The van der Waals surface area contributed by atoms with Gasteiger partial charge in [0.25, 0.3) is 0 Å². The molecule has 2 rings (SSSR count). The van der Waals surface area contributed by atoms with Gasteiger partial charge in [0.2, 0.25) is 0 Å². The lowest BCUT2D eigenvalue weighted by Gasteiger charge is -2.22. The molecule has 3 heteroatoms. The smallest absolute Gasteiger partial charge is 0.306 e. The molecule has 3 nitrogen and oxygen atoms in total. The first-order valence-electron chi connectivity index (χ1n) is 7.41. The maximum absolute atomic E-state index is 11.9. The molecule has 112 valence electrons. The van der Waals surface area contributed by atoms with Gasteiger partial charge in [0.15, 0.2) is 0 Å². The van der Waals surface area contributed by atoms with E-state index in [4.69, 9.17) is 4.74 Å². The Morgan fingerprint density at radius 3 is 2.09 bits per heavy atom. The Balaban J connectivity index is 2.34. The Morgan fingerprint density at radius 2 is 1.59 bits per heavy atom. The van der Waals surface area contributed by atoms with E-state index in [0.717, 1.165) is 11.1 Å². The zero-order valence-corrected chi connectivity index (χ0v) is 12.6. The van der Waals surface area contributed by atoms with Crippen molar-refractivity contribution in [2.75, 3.05) is 6.61 Å². The van der Waals surface area contributed by atoms with E-state index in [9.17, 15) is 10.1 Å². The maximum atomic E-state index is 11.9. The molecule has 0 N–H and O–H groups in total. The number of esters is 1. The van der Waals surface area contributed by atoms with Crippen molar-refractivity contribution in [2.45, 2.75) is 25.2 Å². The SMILES string of the molecule is CCOC(=O)C[C@H](c1ccccc1)[C@@H](C#N)c1ccccc1. The number of ether oxygens (including phenoxy) is 1. The average molecular weight is 293 g/mol. The monoisotopic (exact) mass is 293 g/mol. The zero-order chi connectivity index (χ0) is 15.8. The number of hydrogen-bond acceptors (Lipinski definition) is 3. The Labute approximate surface area is 131 Å². The van der Waals surface area contributed by atoms with Crippen LogP contribution in [0.2, 0.25) is 0 Å². The number of carbonyl (C=O) groups is 1. The van der Waals surface area contributed by atoms with Crippen LogP contribution in [0.25, 0.3) is 0 Å². The molecule has 22 heavy (non-hydrogen) atoms. The molecular weight excluding hydrogens is 274 g/mol. The van der Waals surface area contributed by atoms with E-state index in [1.807, 2.05) is 60.7 Å². The van der Waals surface area contributed by atoms with Crippen LogP contribution in [0.3, 0.4) is 0 Å². The van der Waals surface area contributed by atoms with Crippen molar-refractivity contribution >= 4 is 5.97 Å². The summed E-state index contributed by atoms with van der Waals surface area (Å²) in [6.45, 7) is 2.14. The fraction of sp³-hybridized carbons (Fsp3) is 0.263. The predicted molar refractivity (Wildman–Crippen MR) is 85.2 cm³/mol. The van der Waals surface area contributed by atoms with Crippen molar-refractivity contribution in [3.8, 4) is 6.07 Å². The summed E-state index contributed by atoms with van der Waals surface area (Å²) >= 11 is 0. The number of nitriles is 1. The third-order valence-corrected chi connectivity index (χ3v) is 3.62. The molecule has 0 saturated heterocycles. The molecule has 0 heterocycles. The van der Waals surface area contributed by atoms with Crippen LogP contribution in [-0.4, -0.2) is 12.6 Å². The normalized spacial score (nSPS) is 12.9. The van der Waals surface area contributed by atoms with E-state index in [2.05, 4.69) is 6.07 Å². The summed E-state index contributed by atoms with van der Waals surface area (Å²) in [5, 5.41) is 9.65. The van der Waals surface area contributed by atoms with Gasteiger partial charge in [0.1, 0.15) is 0 Å². The summed E-state index contributed by atoms with van der Waals surface area (Å²) < 4.78 is 5.08. The van der Waals surface area contributed by atoms with Gasteiger partial charge < -0.3 is 4.74 Å². The second kappa shape index (κ2) is 7.99. The minimum Gasteiger partial charge on any atom is -0.466 e. The van der Waals surface area contributed by atoms with Crippen molar-refractivity contribution in [1.82, 2.24) is 0 Å². The minimum absolute atomic E-state index is 0.199. The topological polar surface area (TPSA) is 50.1 Å². The fourth-order valence-corrected chi connectivity index (χ4v) is 2.59. The van der Waals surface area contributed by atoms with Crippen LogP contribution in [0.4, 0.5) is 0 Å². The highest BCUT2D eigenvalue weighted by molar-refractivity contribution is 5.71. The van der Waals surface area contributed by atoms with Crippen molar-refractivity contribution in [3.05, 3.63) is 71.8 Å². The van der Waals surface area contributed by atoms with Gasteiger partial charge in [-0.15, -0.1) is 0 Å². The van der Waals surface area contributed by atoms with Crippen LogP contribution in [0.15, 0.2) is 60.7 Å². The van der Waals surface area contributed by atoms with Gasteiger partial charge >= 0.3 is 5.97 Å². The van der Waals surface area contributed by atoms with Crippen LogP contribution < -0.4 is 0 Å². The van der Waals surface area contributed by atoms with Gasteiger partial charge in [-0.1, -0.05) is 60.7 Å². The van der Waals surface area contributed by atoms with E-state index in [1.54, 1.807) is 6.92 Å². The molecule has 0 radical (unpaired) electrons. The predicted octanol–water partition coefficient (Wildman–Crippen LogP) is 4.03. The summed E-state index contributed by atoms with van der Waals surface area (Å²) in [5.74, 6) is -0.867. The summed E-state index contributed by atoms with van der Waals surface area (Å²) in [5.41, 5.74) is 1.90. The number of hydrogen-bond donors (Lipinski definition) is 0.